The Balaban J connectivity index is 2.41. The minimum absolute atomic E-state index is 0.228. The van der Waals surface area contributed by atoms with E-state index >= 15 is 0 Å². The molecule has 0 aliphatic rings. The van der Waals surface area contributed by atoms with E-state index in [1.165, 1.54) is 0 Å². The molecular formula is C10H12ClNO. The van der Waals surface area contributed by atoms with Gasteiger partial charge < -0.3 is 5.11 Å². The van der Waals surface area contributed by atoms with Crippen LogP contribution < -0.4 is 0 Å². The zero-order chi connectivity index (χ0) is 9.52. The first-order valence-corrected chi connectivity index (χ1v) is 4.65. The molecule has 0 aromatic heterocycles. The molecular weight excluding hydrogens is 186 g/mol. The van der Waals surface area contributed by atoms with Gasteiger partial charge in [0.1, 0.15) is 0 Å². The van der Waals surface area contributed by atoms with E-state index < -0.39 is 6.10 Å². The molecule has 0 spiro atoms. The van der Waals surface area contributed by atoms with Gasteiger partial charge in [0.2, 0.25) is 0 Å². The highest BCUT2D eigenvalue weighted by Crippen LogP contribution is 1.95. The Hall–Kier alpha value is -0.860. The van der Waals surface area contributed by atoms with Gasteiger partial charge in [0, 0.05) is 6.21 Å². The Morgan fingerprint density at radius 1 is 1.38 bits per heavy atom. The number of aliphatic hydroxyl groups is 1. The van der Waals surface area contributed by atoms with Crippen LogP contribution in [0, 0.1) is 0 Å². The second-order valence-corrected chi connectivity index (χ2v) is 3.02. The summed E-state index contributed by atoms with van der Waals surface area (Å²) in [5.41, 5.74) is 1.03. The lowest BCUT2D eigenvalue weighted by Gasteiger charge is -1.99. The monoisotopic (exact) mass is 197 g/mol. The molecule has 0 fully saturated rings. The molecule has 1 rings (SSSR count). The van der Waals surface area contributed by atoms with Crippen LogP contribution in [0.3, 0.4) is 0 Å². The summed E-state index contributed by atoms with van der Waals surface area (Å²) in [6.45, 7) is 0.360. The van der Waals surface area contributed by atoms with E-state index in [2.05, 4.69) is 4.99 Å². The predicted octanol–water partition coefficient (Wildman–Crippen LogP) is 1.71. The third-order valence-electron chi connectivity index (χ3n) is 1.53. The molecule has 0 heterocycles. The molecule has 2 nitrogen and oxygen atoms in total. The average molecular weight is 198 g/mol. The fraction of sp³-hybridized carbons (Fsp3) is 0.300. The van der Waals surface area contributed by atoms with Gasteiger partial charge >= 0.3 is 0 Å². The topological polar surface area (TPSA) is 32.6 Å². The Bertz CT molecular complexity index is 261. The smallest absolute Gasteiger partial charge is 0.0870 e. The van der Waals surface area contributed by atoms with Gasteiger partial charge in [-0.3, -0.25) is 4.99 Å². The number of rotatable bonds is 4. The van der Waals surface area contributed by atoms with Crippen LogP contribution in [0.5, 0.6) is 0 Å². The summed E-state index contributed by atoms with van der Waals surface area (Å²) in [6, 6.07) is 9.75. The second-order valence-electron chi connectivity index (χ2n) is 2.71. The molecule has 0 bridgehead atoms. The fourth-order valence-electron chi connectivity index (χ4n) is 0.868. The van der Waals surface area contributed by atoms with Crippen LogP contribution in [0.1, 0.15) is 5.56 Å². The van der Waals surface area contributed by atoms with Crippen molar-refractivity contribution in [2.75, 3.05) is 12.4 Å². The average Bonchev–Trinajstić information content (AvgIpc) is 2.19. The molecule has 0 saturated heterocycles. The summed E-state index contributed by atoms with van der Waals surface area (Å²) in [6.07, 6.45) is 1.19. The predicted molar refractivity (Wildman–Crippen MR) is 55.6 cm³/mol. The van der Waals surface area contributed by atoms with E-state index in [9.17, 15) is 0 Å². The molecule has 3 heteroatoms. The van der Waals surface area contributed by atoms with E-state index in [4.69, 9.17) is 16.7 Å². The molecule has 13 heavy (non-hydrogen) atoms. The number of hydrogen-bond acceptors (Lipinski definition) is 2. The molecule has 1 aromatic rings. The maximum Gasteiger partial charge on any atom is 0.0870 e. The first kappa shape index (κ1) is 10.2. The lowest BCUT2D eigenvalue weighted by molar-refractivity contribution is 0.207. The summed E-state index contributed by atoms with van der Waals surface area (Å²) in [7, 11) is 0. The summed E-state index contributed by atoms with van der Waals surface area (Å²) in [5.74, 6) is 0.228. The maximum absolute atomic E-state index is 9.09. The summed E-state index contributed by atoms with van der Waals surface area (Å²) in [5, 5.41) is 9.09. The minimum atomic E-state index is -0.540. The quantitative estimate of drug-likeness (QED) is 0.579. The standard InChI is InChI=1S/C10H12ClNO/c11-6-10(13)8-12-7-9-4-2-1-3-5-9/h1-5,7,10,13H,6,8H2. The van der Waals surface area contributed by atoms with Crippen LogP contribution in [-0.2, 0) is 0 Å². The van der Waals surface area contributed by atoms with Crippen LogP contribution in [0.4, 0.5) is 0 Å². The van der Waals surface area contributed by atoms with Crippen molar-refractivity contribution in [3.8, 4) is 0 Å². The van der Waals surface area contributed by atoms with Crippen molar-refractivity contribution in [3.05, 3.63) is 35.9 Å². The Kier molecular flexibility index (Phi) is 4.50. The SMILES string of the molecule is OC(CCl)CN=Cc1ccccc1. The van der Waals surface area contributed by atoms with E-state index in [-0.39, 0.29) is 5.88 Å². The molecule has 0 amide bonds. The molecule has 1 aromatic carbocycles. The van der Waals surface area contributed by atoms with Gasteiger partial charge in [-0.1, -0.05) is 30.3 Å². The zero-order valence-electron chi connectivity index (χ0n) is 7.23. The maximum atomic E-state index is 9.09. The number of hydrogen-bond donors (Lipinski definition) is 1. The molecule has 70 valence electrons. The van der Waals surface area contributed by atoms with Gasteiger partial charge in [-0.2, -0.15) is 0 Å². The number of halogens is 1. The highest BCUT2D eigenvalue weighted by molar-refractivity contribution is 6.18. The van der Waals surface area contributed by atoms with Crippen LogP contribution in [0.15, 0.2) is 35.3 Å². The number of benzene rings is 1. The largest absolute Gasteiger partial charge is 0.390 e. The first-order chi connectivity index (χ1) is 6.33. The molecule has 0 radical (unpaired) electrons. The van der Waals surface area contributed by atoms with E-state index in [0.29, 0.717) is 6.54 Å². The van der Waals surface area contributed by atoms with Gasteiger partial charge in [0.05, 0.1) is 18.5 Å². The third kappa shape index (κ3) is 4.06. The van der Waals surface area contributed by atoms with E-state index in [1.54, 1.807) is 6.21 Å². The normalized spacial score (nSPS) is 13.4. The van der Waals surface area contributed by atoms with Gasteiger partial charge in [-0.15, -0.1) is 11.6 Å². The fourth-order valence-corrected chi connectivity index (χ4v) is 0.965. The lowest BCUT2D eigenvalue weighted by atomic mass is 10.2. The van der Waals surface area contributed by atoms with Crippen LogP contribution in [0.2, 0.25) is 0 Å². The van der Waals surface area contributed by atoms with Crippen molar-refractivity contribution >= 4 is 17.8 Å². The zero-order valence-corrected chi connectivity index (χ0v) is 7.98. The van der Waals surface area contributed by atoms with E-state index in [0.717, 1.165) is 5.56 Å². The van der Waals surface area contributed by atoms with Crippen molar-refractivity contribution in [3.63, 3.8) is 0 Å². The van der Waals surface area contributed by atoms with Crippen LogP contribution >= 0.6 is 11.6 Å². The Morgan fingerprint density at radius 3 is 2.69 bits per heavy atom. The highest BCUT2D eigenvalue weighted by Gasteiger charge is 1.97. The van der Waals surface area contributed by atoms with Gasteiger partial charge in [0.25, 0.3) is 0 Å². The van der Waals surface area contributed by atoms with Gasteiger partial charge in [-0.25, -0.2) is 0 Å². The number of aliphatic hydroxyl groups excluding tert-OH is 1. The summed E-state index contributed by atoms with van der Waals surface area (Å²) >= 11 is 5.41. The van der Waals surface area contributed by atoms with Gasteiger partial charge in [-0.05, 0) is 5.56 Å². The van der Waals surface area contributed by atoms with Crippen molar-refractivity contribution in [1.29, 1.82) is 0 Å². The third-order valence-corrected chi connectivity index (χ3v) is 1.89. The Morgan fingerprint density at radius 2 is 2.08 bits per heavy atom. The van der Waals surface area contributed by atoms with Crippen molar-refractivity contribution < 1.29 is 5.11 Å². The van der Waals surface area contributed by atoms with Crippen LogP contribution in [-0.4, -0.2) is 29.8 Å². The number of nitrogens with zero attached hydrogens (tertiary/aromatic N) is 1. The Labute approximate surface area is 82.9 Å². The number of aliphatic imine (C=N–C) groups is 1. The van der Waals surface area contributed by atoms with Crippen molar-refractivity contribution in [1.82, 2.24) is 0 Å². The lowest BCUT2D eigenvalue weighted by Crippen LogP contribution is -2.12. The second kappa shape index (κ2) is 5.73. The molecule has 1 unspecified atom stereocenters. The van der Waals surface area contributed by atoms with E-state index in [1.807, 2.05) is 30.3 Å². The van der Waals surface area contributed by atoms with Crippen molar-refractivity contribution in [2.45, 2.75) is 6.10 Å². The van der Waals surface area contributed by atoms with Crippen molar-refractivity contribution in [2.24, 2.45) is 4.99 Å². The molecule has 1 atom stereocenters. The van der Waals surface area contributed by atoms with Gasteiger partial charge in [0.15, 0.2) is 0 Å². The minimum Gasteiger partial charge on any atom is -0.390 e. The van der Waals surface area contributed by atoms with Crippen LogP contribution in [0.25, 0.3) is 0 Å². The highest BCUT2D eigenvalue weighted by atomic mass is 35.5. The molecule has 0 aliphatic carbocycles. The molecule has 0 aliphatic heterocycles. The molecule has 0 saturated carbocycles. The summed E-state index contributed by atoms with van der Waals surface area (Å²) in [4.78, 5) is 4.05. The number of alkyl halides is 1. The molecule has 1 N–H and O–H groups in total. The first-order valence-electron chi connectivity index (χ1n) is 4.12. The summed E-state index contributed by atoms with van der Waals surface area (Å²) < 4.78 is 0.